The summed E-state index contributed by atoms with van der Waals surface area (Å²) in [5, 5.41) is 8.86. The minimum Gasteiger partial charge on any atom is -0.478 e. The molecule has 0 heterocycles. The van der Waals surface area contributed by atoms with Crippen LogP contribution >= 0.6 is 0 Å². The zero-order valence-corrected chi connectivity index (χ0v) is 14.7. The van der Waals surface area contributed by atoms with Gasteiger partial charge in [0.25, 0.3) is 5.91 Å². The van der Waals surface area contributed by atoms with Crippen LogP contribution < -0.4 is 0 Å². The Kier molecular flexibility index (Phi) is 10.1. The third kappa shape index (κ3) is 7.26. The fourth-order valence-corrected chi connectivity index (χ4v) is 2.07. The van der Waals surface area contributed by atoms with E-state index in [4.69, 9.17) is 9.84 Å². The lowest BCUT2D eigenvalue weighted by Gasteiger charge is -2.20. The molecule has 0 rings (SSSR count). The lowest BCUT2D eigenvalue weighted by molar-refractivity contribution is -0.149. The number of ether oxygens (including phenoxy) is 1. The Bertz CT molecular complexity index is 493. The molecule has 0 aliphatic heterocycles. The summed E-state index contributed by atoms with van der Waals surface area (Å²) in [5.74, 6) is -3.08. The van der Waals surface area contributed by atoms with Gasteiger partial charge in [0.15, 0.2) is 6.61 Å². The Morgan fingerprint density at radius 2 is 1.33 bits per heavy atom. The molecule has 2 amide bonds. The maximum atomic E-state index is 12.0. The first-order valence-corrected chi connectivity index (χ1v) is 7.96. The van der Waals surface area contributed by atoms with E-state index < -0.39 is 18.5 Å². The normalized spacial score (nSPS) is 10.9. The van der Waals surface area contributed by atoms with Crippen LogP contribution in [0.2, 0.25) is 0 Å². The second-order valence-electron chi connectivity index (χ2n) is 4.89. The van der Waals surface area contributed by atoms with Gasteiger partial charge in [0.2, 0.25) is 5.91 Å². The molecule has 0 aromatic carbocycles. The summed E-state index contributed by atoms with van der Waals surface area (Å²) >= 11 is 0. The van der Waals surface area contributed by atoms with Crippen LogP contribution in [0.15, 0.2) is 11.6 Å². The molecular formula is C16H26N2O6. The van der Waals surface area contributed by atoms with E-state index in [0.29, 0.717) is 32.3 Å². The third-order valence-electron chi connectivity index (χ3n) is 3.46. The minimum atomic E-state index is -1.36. The molecule has 0 aromatic heterocycles. The summed E-state index contributed by atoms with van der Waals surface area (Å²) in [6.45, 7) is 8.51. The molecule has 0 bridgehead atoms. The van der Waals surface area contributed by atoms with Crippen molar-refractivity contribution in [2.75, 3.05) is 32.8 Å². The molecule has 8 nitrogen and oxygen atoms in total. The summed E-state index contributed by atoms with van der Waals surface area (Å²) in [5.41, 5.74) is -0.285. The Labute approximate surface area is 142 Å². The molecule has 24 heavy (non-hydrogen) atoms. The van der Waals surface area contributed by atoms with Crippen LogP contribution in [-0.2, 0) is 23.9 Å². The zero-order chi connectivity index (χ0) is 18.7. The van der Waals surface area contributed by atoms with Crippen LogP contribution in [-0.4, -0.2) is 71.4 Å². The zero-order valence-electron chi connectivity index (χ0n) is 14.7. The van der Waals surface area contributed by atoms with Crippen molar-refractivity contribution < 1.29 is 29.0 Å². The second kappa shape index (κ2) is 11.2. The van der Waals surface area contributed by atoms with Crippen molar-refractivity contribution in [2.24, 2.45) is 0 Å². The quantitative estimate of drug-likeness (QED) is 0.462. The maximum Gasteiger partial charge on any atom is 0.335 e. The minimum absolute atomic E-state index is 0.285. The van der Waals surface area contributed by atoms with Crippen LogP contribution in [0.25, 0.3) is 0 Å². The topological polar surface area (TPSA) is 104 Å². The van der Waals surface area contributed by atoms with Gasteiger partial charge in [0.1, 0.15) is 0 Å². The van der Waals surface area contributed by atoms with Crippen molar-refractivity contribution in [1.29, 1.82) is 0 Å². The van der Waals surface area contributed by atoms with Gasteiger partial charge in [-0.2, -0.15) is 0 Å². The summed E-state index contributed by atoms with van der Waals surface area (Å²) < 4.78 is 4.87. The number of likely N-dealkylation sites (N-methyl/N-ethyl adjacent to an activating group) is 1. The average molecular weight is 342 g/mol. The molecule has 0 spiro atoms. The van der Waals surface area contributed by atoms with Gasteiger partial charge in [0.05, 0.1) is 12.0 Å². The van der Waals surface area contributed by atoms with E-state index in [2.05, 4.69) is 0 Å². The number of carbonyl (C=O) groups excluding carboxylic acids is 3. The number of rotatable bonds is 10. The molecule has 1 N–H and O–H groups in total. The van der Waals surface area contributed by atoms with E-state index in [1.807, 2.05) is 0 Å². The number of esters is 1. The molecule has 0 saturated carbocycles. The number of aliphatic carboxylic acids is 1. The van der Waals surface area contributed by atoms with Gasteiger partial charge >= 0.3 is 11.9 Å². The van der Waals surface area contributed by atoms with E-state index in [0.717, 1.165) is 0 Å². The van der Waals surface area contributed by atoms with Crippen LogP contribution in [0.3, 0.4) is 0 Å². The SMILES string of the molecule is CCN(CC)C(=O)COC(=O)C(=CC(=O)O)CC(=O)N(CC)CC. The smallest absolute Gasteiger partial charge is 0.335 e. The van der Waals surface area contributed by atoms with E-state index in [1.54, 1.807) is 27.7 Å². The molecule has 0 radical (unpaired) electrons. The van der Waals surface area contributed by atoms with Gasteiger partial charge < -0.3 is 19.6 Å². The highest BCUT2D eigenvalue weighted by Gasteiger charge is 2.21. The summed E-state index contributed by atoms with van der Waals surface area (Å²) in [6.07, 6.45) is 0.262. The van der Waals surface area contributed by atoms with Crippen molar-refractivity contribution in [3.63, 3.8) is 0 Å². The summed E-state index contributed by atoms with van der Waals surface area (Å²) in [6, 6.07) is 0. The van der Waals surface area contributed by atoms with Gasteiger partial charge in [-0.25, -0.2) is 9.59 Å². The molecule has 0 aliphatic rings. The van der Waals surface area contributed by atoms with Crippen molar-refractivity contribution in [3.8, 4) is 0 Å². The third-order valence-corrected chi connectivity index (χ3v) is 3.46. The van der Waals surface area contributed by atoms with Crippen LogP contribution in [0.5, 0.6) is 0 Å². The Hall–Kier alpha value is -2.38. The highest BCUT2D eigenvalue weighted by atomic mass is 16.5. The molecule has 8 heteroatoms. The van der Waals surface area contributed by atoms with Crippen LogP contribution in [0, 0.1) is 0 Å². The summed E-state index contributed by atoms with van der Waals surface area (Å²) in [7, 11) is 0. The van der Waals surface area contributed by atoms with Gasteiger partial charge in [-0.3, -0.25) is 9.59 Å². The van der Waals surface area contributed by atoms with Crippen molar-refractivity contribution in [3.05, 3.63) is 11.6 Å². The second-order valence-corrected chi connectivity index (χ2v) is 4.89. The van der Waals surface area contributed by atoms with E-state index in [1.165, 1.54) is 9.80 Å². The van der Waals surface area contributed by atoms with Gasteiger partial charge in [-0.15, -0.1) is 0 Å². The van der Waals surface area contributed by atoms with E-state index in [9.17, 15) is 19.2 Å². The standard InChI is InChI=1S/C16H26N2O6/c1-5-17(6-2)13(19)9-12(10-15(21)22)16(23)24-11-14(20)18(7-3)8-4/h10H,5-9,11H2,1-4H3,(H,21,22). The first kappa shape index (κ1) is 21.6. The lowest BCUT2D eigenvalue weighted by atomic mass is 10.1. The molecule has 0 atom stereocenters. The van der Waals surface area contributed by atoms with Crippen molar-refractivity contribution in [2.45, 2.75) is 34.1 Å². The highest BCUT2D eigenvalue weighted by molar-refractivity contribution is 6.00. The number of amides is 2. The maximum absolute atomic E-state index is 12.0. The van der Waals surface area contributed by atoms with Crippen molar-refractivity contribution in [1.82, 2.24) is 9.80 Å². The molecular weight excluding hydrogens is 316 g/mol. The number of nitrogens with zero attached hydrogens (tertiary/aromatic N) is 2. The molecule has 0 fully saturated rings. The number of hydrogen-bond donors (Lipinski definition) is 1. The van der Waals surface area contributed by atoms with Crippen LogP contribution in [0.4, 0.5) is 0 Å². The largest absolute Gasteiger partial charge is 0.478 e. The predicted octanol–water partition coefficient (Wildman–Crippen LogP) is 0.668. The van der Waals surface area contributed by atoms with E-state index in [-0.39, 0.29) is 23.8 Å². The fraction of sp³-hybridized carbons (Fsp3) is 0.625. The summed E-state index contributed by atoms with van der Waals surface area (Å²) in [4.78, 5) is 49.7. The molecule has 0 aliphatic carbocycles. The number of carboxylic acid groups (broad SMARTS) is 1. The first-order valence-electron chi connectivity index (χ1n) is 7.96. The first-order chi connectivity index (χ1) is 11.3. The molecule has 0 aromatic rings. The van der Waals surface area contributed by atoms with Gasteiger partial charge in [0, 0.05) is 32.3 Å². The monoisotopic (exact) mass is 342 g/mol. The highest BCUT2D eigenvalue weighted by Crippen LogP contribution is 2.08. The lowest BCUT2D eigenvalue weighted by Crippen LogP contribution is -2.35. The van der Waals surface area contributed by atoms with Gasteiger partial charge in [-0.1, -0.05) is 0 Å². The van der Waals surface area contributed by atoms with Crippen LogP contribution in [0.1, 0.15) is 34.1 Å². The Morgan fingerprint density at radius 1 is 0.875 bits per heavy atom. The van der Waals surface area contributed by atoms with Gasteiger partial charge in [-0.05, 0) is 27.7 Å². The van der Waals surface area contributed by atoms with Crippen molar-refractivity contribution >= 4 is 23.8 Å². The number of carbonyl (C=O) groups is 4. The molecule has 0 unspecified atom stereocenters. The Balaban J connectivity index is 4.95. The molecule has 136 valence electrons. The average Bonchev–Trinajstić information content (AvgIpc) is 2.53. The number of carboxylic acids is 1. The Morgan fingerprint density at radius 3 is 1.75 bits per heavy atom. The van der Waals surface area contributed by atoms with E-state index >= 15 is 0 Å². The molecule has 0 saturated heterocycles. The fourth-order valence-electron chi connectivity index (χ4n) is 2.07. The number of hydrogen-bond acceptors (Lipinski definition) is 5. The predicted molar refractivity (Wildman–Crippen MR) is 87.2 cm³/mol.